The van der Waals surface area contributed by atoms with Crippen LogP contribution in [0.2, 0.25) is 5.02 Å². The Morgan fingerprint density at radius 1 is 1.04 bits per heavy atom. The summed E-state index contributed by atoms with van der Waals surface area (Å²) in [7, 11) is -3.84. The van der Waals surface area contributed by atoms with Gasteiger partial charge in [0.2, 0.25) is 5.82 Å². The van der Waals surface area contributed by atoms with Gasteiger partial charge >= 0.3 is 0 Å². The number of benzene rings is 1. The van der Waals surface area contributed by atoms with E-state index >= 15 is 0 Å². The molecule has 3 rings (SSSR count). The maximum absolute atomic E-state index is 12.5. The SMILES string of the molecule is O=S(=O)(Nc1nccnc1OCc1cccnc1)c1ccc(Cl)cc1. The van der Waals surface area contributed by atoms with Gasteiger partial charge < -0.3 is 4.74 Å². The summed E-state index contributed by atoms with van der Waals surface area (Å²) in [5.41, 5.74) is 0.819. The molecule has 25 heavy (non-hydrogen) atoms. The molecule has 0 saturated heterocycles. The summed E-state index contributed by atoms with van der Waals surface area (Å²) in [6.45, 7) is 0.183. The number of sulfonamides is 1. The molecule has 0 aliphatic heterocycles. The summed E-state index contributed by atoms with van der Waals surface area (Å²) in [5.74, 6) is 0.0743. The summed E-state index contributed by atoms with van der Waals surface area (Å²) in [5, 5.41) is 0.443. The molecule has 0 radical (unpaired) electrons. The van der Waals surface area contributed by atoms with Crippen molar-refractivity contribution in [3.63, 3.8) is 0 Å². The van der Waals surface area contributed by atoms with Crippen LogP contribution in [-0.4, -0.2) is 23.4 Å². The first kappa shape index (κ1) is 17.1. The normalized spacial score (nSPS) is 11.1. The third-order valence-corrected chi connectivity index (χ3v) is 4.72. The number of pyridine rings is 1. The molecular formula is C16H13ClN4O3S. The predicted molar refractivity (Wildman–Crippen MR) is 92.9 cm³/mol. The lowest BCUT2D eigenvalue weighted by atomic mass is 10.3. The minimum Gasteiger partial charge on any atom is -0.470 e. The molecule has 0 saturated carbocycles. The first-order valence-corrected chi connectivity index (χ1v) is 9.02. The fourth-order valence-electron chi connectivity index (χ4n) is 1.94. The van der Waals surface area contributed by atoms with E-state index in [0.29, 0.717) is 5.02 Å². The highest BCUT2D eigenvalue weighted by molar-refractivity contribution is 7.92. The van der Waals surface area contributed by atoms with Crippen LogP contribution in [0.5, 0.6) is 5.88 Å². The number of hydrogen-bond donors (Lipinski definition) is 1. The Morgan fingerprint density at radius 2 is 1.80 bits per heavy atom. The molecule has 128 valence electrons. The van der Waals surface area contributed by atoms with E-state index in [9.17, 15) is 8.42 Å². The van der Waals surface area contributed by atoms with Gasteiger partial charge in [0.1, 0.15) is 6.61 Å². The molecule has 0 amide bonds. The second kappa shape index (κ2) is 7.45. The monoisotopic (exact) mass is 376 g/mol. The summed E-state index contributed by atoms with van der Waals surface area (Å²) < 4.78 is 32.8. The predicted octanol–water partition coefficient (Wildman–Crippen LogP) is 2.90. The van der Waals surface area contributed by atoms with Gasteiger partial charge in [0, 0.05) is 35.4 Å². The van der Waals surface area contributed by atoms with Crippen LogP contribution in [0.3, 0.4) is 0 Å². The van der Waals surface area contributed by atoms with E-state index < -0.39 is 10.0 Å². The lowest BCUT2D eigenvalue weighted by Crippen LogP contribution is -2.15. The van der Waals surface area contributed by atoms with Crippen molar-refractivity contribution in [1.82, 2.24) is 15.0 Å². The van der Waals surface area contributed by atoms with Crippen molar-refractivity contribution in [3.05, 3.63) is 71.8 Å². The topological polar surface area (TPSA) is 94.1 Å². The zero-order valence-corrected chi connectivity index (χ0v) is 14.4. The molecule has 9 heteroatoms. The molecule has 2 heterocycles. The summed E-state index contributed by atoms with van der Waals surface area (Å²) in [4.78, 5) is 12.1. The highest BCUT2D eigenvalue weighted by Gasteiger charge is 2.18. The van der Waals surface area contributed by atoms with Gasteiger partial charge in [-0.05, 0) is 30.3 Å². The number of aromatic nitrogens is 3. The van der Waals surface area contributed by atoms with Crippen LogP contribution >= 0.6 is 11.6 Å². The largest absolute Gasteiger partial charge is 0.470 e. The van der Waals surface area contributed by atoms with Crippen LogP contribution in [0.15, 0.2) is 66.1 Å². The van der Waals surface area contributed by atoms with Crippen molar-refractivity contribution in [3.8, 4) is 5.88 Å². The van der Waals surface area contributed by atoms with Crippen LogP contribution in [0.25, 0.3) is 0 Å². The molecule has 7 nitrogen and oxygen atoms in total. The molecule has 0 unspecified atom stereocenters. The number of hydrogen-bond acceptors (Lipinski definition) is 6. The molecule has 1 aromatic carbocycles. The lowest BCUT2D eigenvalue weighted by molar-refractivity contribution is 0.294. The molecule has 0 aliphatic rings. The second-order valence-corrected chi connectivity index (χ2v) is 7.04. The fraction of sp³-hybridized carbons (Fsp3) is 0.0625. The van der Waals surface area contributed by atoms with E-state index in [4.69, 9.17) is 16.3 Å². The summed E-state index contributed by atoms with van der Waals surface area (Å²) in [6.07, 6.45) is 6.08. The summed E-state index contributed by atoms with van der Waals surface area (Å²) in [6, 6.07) is 9.40. The fourth-order valence-corrected chi connectivity index (χ4v) is 3.07. The first-order valence-electron chi connectivity index (χ1n) is 7.16. The van der Waals surface area contributed by atoms with E-state index in [0.717, 1.165) is 5.56 Å². The maximum atomic E-state index is 12.5. The standard InChI is InChI=1S/C16H13ClN4O3S/c17-13-3-5-14(6-4-13)25(22,23)21-15-16(20-9-8-19-15)24-11-12-2-1-7-18-10-12/h1-10H,11H2,(H,19,21). The van der Waals surface area contributed by atoms with Gasteiger partial charge in [-0.2, -0.15) is 0 Å². The van der Waals surface area contributed by atoms with E-state index in [1.165, 1.54) is 36.7 Å². The molecule has 0 fully saturated rings. The molecule has 0 spiro atoms. The van der Waals surface area contributed by atoms with Crippen molar-refractivity contribution in [2.75, 3.05) is 4.72 Å². The minimum atomic E-state index is -3.84. The van der Waals surface area contributed by atoms with Crippen molar-refractivity contribution >= 4 is 27.4 Å². The van der Waals surface area contributed by atoms with E-state index in [2.05, 4.69) is 19.7 Å². The van der Waals surface area contributed by atoms with Crippen LogP contribution in [0.1, 0.15) is 5.56 Å². The number of nitrogens with zero attached hydrogens (tertiary/aromatic N) is 3. The number of rotatable bonds is 6. The highest BCUT2D eigenvalue weighted by atomic mass is 35.5. The van der Waals surface area contributed by atoms with Crippen molar-refractivity contribution in [2.45, 2.75) is 11.5 Å². The zero-order valence-electron chi connectivity index (χ0n) is 12.8. The molecule has 1 N–H and O–H groups in total. The van der Waals surface area contributed by atoms with Crippen LogP contribution in [0, 0.1) is 0 Å². The zero-order chi connectivity index (χ0) is 17.7. The molecule has 0 aliphatic carbocycles. The Labute approximate surface area is 149 Å². The van der Waals surface area contributed by atoms with Gasteiger partial charge in [0.15, 0.2) is 0 Å². The van der Waals surface area contributed by atoms with Crippen LogP contribution in [-0.2, 0) is 16.6 Å². The number of nitrogens with one attached hydrogen (secondary N) is 1. The van der Waals surface area contributed by atoms with Gasteiger partial charge in [0.25, 0.3) is 15.9 Å². The van der Waals surface area contributed by atoms with Gasteiger partial charge in [-0.25, -0.2) is 18.4 Å². The van der Waals surface area contributed by atoms with Crippen molar-refractivity contribution < 1.29 is 13.2 Å². The van der Waals surface area contributed by atoms with Gasteiger partial charge in [-0.3, -0.25) is 9.71 Å². The van der Waals surface area contributed by atoms with Crippen molar-refractivity contribution in [2.24, 2.45) is 0 Å². The Balaban J connectivity index is 1.79. The number of halogens is 1. The summed E-state index contributed by atoms with van der Waals surface area (Å²) >= 11 is 5.78. The smallest absolute Gasteiger partial charge is 0.263 e. The minimum absolute atomic E-state index is 0.00124. The Morgan fingerprint density at radius 3 is 2.52 bits per heavy atom. The van der Waals surface area contributed by atoms with E-state index in [-0.39, 0.29) is 23.2 Å². The van der Waals surface area contributed by atoms with Gasteiger partial charge in [-0.1, -0.05) is 17.7 Å². The van der Waals surface area contributed by atoms with E-state index in [1.54, 1.807) is 18.5 Å². The Bertz CT molecular complexity index is 951. The number of ether oxygens (including phenoxy) is 1. The van der Waals surface area contributed by atoms with Crippen LogP contribution < -0.4 is 9.46 Å². The average molecular weight is 377 g/mol. The third kappa shape index (κ3) is 4.43. The van der Waals surface area contributed by atoms with Crippen molar-refractivity contribution in [1.29, 1.82) is 0 Å². The third-order valence-electron chi connectivity index (χ3n) is 3.12. The first-order chi connectivity index (χ1) is 12.0. The van der Waals surface area contributed by atoms with Gasteiger partial charge in [0.05, 0.1) is 4.90 Å². The Kier molecular flexibility index (Phi) is 5.11. The highest BCUT2D eigenvalue weighted by Crippen LogP contribution is 2.23. The number of anilines is 1. The quantitative estimate of drug-likeness (QED) is 0.710. The average Bonchev–Trinajstić information content (AvgIpc) is 2.62. The molecule has 2 aromatic heterocycles. The Hall–Kier alpha value is -2.71. The lowest BCUT2D eigenvalue weighted by Gasteiger charge is -2.11. The van der Waals surface area contributed by atoms with Crippen LogP contribution in [0.4, 0.5) is 5.82 Å². The molecular weight excluding hydrogens is 364 g/mol. The molecule has 0 atom stereocenters. The second-order valence-electron chi connectivity index (χ2n) is 4.92. The van der Waals surface area contributed by atoms with E-state index in [1.807, 2.05) is 6.07 Å². The maximum Gasteiger partial charge on any atom is 0.263 e. The molecule has 0 bridgehead atoms. The molecule has 3 aromatic rings. The van der Waals surface area contributed by atoms with Gasteiger partial charge in [-0.15, -0.1) is 0 Å².